The first-order chi connectivity index (χ1) is 16.3. The van der Waals surface area contributed by atoms with E-state index in [0.29, 0.717) is 5.92 Å². The maximum atomic E-state index is 11.5. The highest BCUT2D eigenvalue weighted by Gasteiger charge is 2.58. The molecule has 34 heavy (non-hydrogen) atoms. The molecule has 4 aliphatic carbocycles. The second kappa shape index (κ2) is 7.80. The smallest absolute Gasteiger partial charge is 0.302 e. The van der Waals surface area contributed by atoms with E-state index in [1.54, 1.807) is 18.1 Å². The average molecular weight is 456 g/mol. The average Bonchev–Trinajstić information content (AvgIpc) is 3.13. The van der Waals surface area contributed by atoms with Crippen molar-refractivity contribution in [3.8, 4) is 11.3 Å². The third-order valence-corrected chi connectivity index (χ3v) is 10.2. The van der Waals surface area contributed by atoms with E-state index in [1.807, 2.05) is 0 Å². The third-order valence-electron chi connectivity index (χ3n) is 10.2. The minimum atomic E-state index is -0.140. The van der Waals surface area contributed by atoms with Crippen molar-refractivity contribution in [3.63, 3.8) is 0 Å². The number of fused-ring (bicyclic) bond motifs is 7. The highest BCUT2D eigenvalue weighted by Crippen LogP contribution is 2.64. The van der Waals surface area contributed by atoms with Crippen molar-refractivity contribution in [2.24, 2.45) is 23.2 Å². The summed E-state index contributed by atoms with van der Waals surface area (Å²) in [6.45, 7) is 8.93. The van der Waals surface area contributed by atoms with Gasteiger partial charge in [-0.25, -0.2) is 0 Å². The number of carbonyl (C=O) groups is 1. The lowest BCUT2D eigenvalue weighted by atomic mass is 9.47. The Balaban J connectivity index is 1.33. The number of hydrogen-bond donors (Lipinski definition) is 0. The van der Waals surface area contributed by atoms with Crippen LogP contribution in [0.2, 0.25) is 0 Å². The summed E-state index contributed by atoms with van der Waals surface area (Å²) in [6, 6.07) is 10.7. The van der Waals surface area contributed by atoms with E-state index in [9.17, 15) is 4.79 Å². The van der Waals surface area contributed by atoms with Crippen LogP contribution in [0.3, 0.4) is 0 Å². The van der Waals surface area contributed by atoms with Gasteiger partial charge in [0, 0.05) is 25.1 Å². The normalized spacial score (nSPS) is 35.9. The highest BCUT2D eigenvalue weighted by molar-refractivity contribution is 5.67. The number of allylic oxidation sites excluding steroid dienone is 1. The minimum Gasteiger partial charge on any atom is -0.462 e. The lowest BCUT2D eigenvalue weighted by Crippen LogP contribution is -2.51. The molecule has 2 saturated carbocycles. The Kier molecular flexibility index (Phi) is 5.06. The molecule has 6 rings (SSSR count). The number of carbonyl (C=O) groups excluding carboxylic acids is 1. The third kappa shape index (κ3) is 3.15. The molecule has 6 atom stereocenters. The van der Waals surface area contributed by atoms with Gasteiger partial charge >= 0.3 is 5.97 Å². The zero-order valence-corrected chi connectivity index (χ0v) is 21.1. The summed E-state index contributed by atoms with van der Waals surface area (Å²) in [5, 5.41) is 0. The van der Waals surface area contributed by atoms with Crippen LogP contribution in [0, 0.1) is 30.1 Å². The summed E-state index contributed by atoms with van der Waals surface area (Å²) < 4.78 is 5.62. The number of nitrogens with zero attached hydrogens (tertiary/aromatic N) is 1. The van der Waals surface area contributed by atoms with Crippen LogP contribution >= 0.6 is 0 Å². The van der Waals surface area contributed by atoms with E-state index < -0.39 is 0 Å². The van der Waals surface area contributed by atoms with Gasteiger partial charge in [0.2, 0.25) is 0 Å². The zero-order chi connectivity index (χ0) is 23.7. The van der Waals surface area contributed by atoms with E-state index in [2.05, 4.69) is 63.4 Å². The fourth-order valence-electron chi connectivity index (χ4n) is 8.71. The molecule has 3 nitrogen and oxygen atoms in total. The van der Waals surface area contributed by atoms with Crippen molar-refractivity contribution in [2.75, 3.05) is 0 Å². The number of pyridine rings is 1. The van der Waals surface area contributed by atoms with Crippen LogP contribution in [0.25, 0.3) is 11.3 Å². The van der Waals surface area contributed by atoms with Gasteiger partial charge < -0.3 is 4.74 Å². The number of ether oxygens (including phenoxy) is 1. The topological polar surface area (TPSA) is 39.2 Å². The van der Waals surface area contributed by atoms with Crippen LogP contribution in [-0.2, 0) is 21.4 Å². The molecular weight excluding hydrogens is 418 g/mol. The standard InChI is InChI=1S/C31H37NO2/c1-19-28-22(18-32-29(19)21-8-6-5-7-9-21)16-27-25-11-10-23-17-24(34-20(2)33)12-14-30(23,3)26(25)13-15-31(27,28)4/h5-10,18,24-27H,11-17H2,1-4H3/t24-,25-,26-,27-,30-,31-/m0/s1. The molecule has 0 unspecified atom stereocenters. The predicted octanol–water partition coefficient (Wildman–Crippen LogP) is 6.97. The van der Waals surface area contributed by atoms with Crippen molar-refractivity contribution >= 4 is 5.97 Å². The van der Waals surface area contributed by atoms with Crippen LogP contribution in [-0.4, -0.2) is 17.1 Å². The number of esters is 1. The molecule has 1 aromatic carbocycles. The highest BCUT2D eigenvalue weighted by atomic mass is 16.5. The molecule has 4 aliphatic rings. The van der Waals surface area contributed by atoms with Gasteiger partial charge in [-0.2, -0.15) is 0 Å². The zero-order valence-electron chi connectivity index (χ0n) is 21.1. The maximum Gasteiger partial charge on any atom is 0.302 e. The molecule has 178 valence electrons. The number of rotatable bonds is 2. The summed E-state index contributed by atoms with van der Waals surface area (Å²) in [5.41, 5.74) is 8.94. The Labute approximate surface area is 204 Å². The minimum absolute atomic E-state index is 0.0723. The SMILES string of the molecule is CC(=O)O[C@H]1CC[C@@]2(C)C(=CC[C@H]3[C@@H]2CC[C@]2(C)c4c(cnc(-c5ccccc5)c4C)C[C@@H]32)C1. The van der Waals surface area contributed by atoms with Gasteiger partial charge in [-0.15, -0.1) is 0 Å². The molecule has 1 heterocycles. The fourth-order valence-corrected chi connectivity index (χ4v) is 8.71. The molecule has 0 radical (unpaired) electrons. The van der Waals surface area contributed by atoms with Gasteiger partial charge in [0.25, 0.3) is 0 Å². The van der Waals surface area contributed by atoms with Gasteiger partial charge in [-0.1, -0.05) is 55.8 Å². The lowest BCUT2D eigenvalue weighted by Gasteiger charge is -2.57. The largest absolute Gasteiger partial charge is 0.462 e. The molecule has 0 aliphatic heterocycles. The van der Waals surface area contributed by atoms with Gasteiger partial charge in [-0.3, -0.25) is 9.78 Å². The van der Waals surface area contributed by atoms with Gasteiger partial charge in [0.05, 0.1) is 5.69 Å². The molecule has 2 aromatic rings. The van der Waals surface area contributed by atoms with Crippen LogP contribution in [0.15, 0.2) is 48.2 Å². The van der Waals surface area contributed by atoms with Crippen LogP contribution in [0.1, 0.15) is 76.0 Å². The molecule has 0 spiro atoms. The Bertz CT molecular complexity index is 1170. The van der Waals surface area contributed by atoms with Gasteiger partial charge in [0.15, 0.2) is 0 Å². The van der Waals surface area contributed by atoms with Crippen LogP contribution < -0.4 is 0 Å². The van der Waals surface area contributed by atoms with E-state index in [1.165, 1.54) is 42.4 Å². The fraction of sp³-hybridized carbons (Fsp3) is 0.548. The summed E-state index contributed by atoms with van der Waals surface area (Å²) in [7, 11) is 0. The first kappa shape index (κ1) is 22.1. The summed E-state index contributed by atoms with van der Waals surface area (Å²) in [4.78, 5) is 16.5. The van der Waals surface area contributed by atoms with E-state index in [-0.39, 0.29) is 22.9 Å². The molecule has 0 saturated heterocycles. The van der Waals surface area contributed by atoms with E-state index in [4.69, 9.17) is 9.72 Å². The molecule has 0 bridgehead atoms. The summed E-state index contributed by atoms with van der Waals surface area (Å²) in [5.74, 6) is 2.01. The number of benzene rings is 1. The summed E-state index contributed by atoms with van der Waals surface area (Å²) >= 11 is 0. The molecule has 0 N–H and O–H groups in total. The quantitative estimate of drug-likeness (QED) is 0.363. The van der Waals surface area contributed by atoms with Gasteiger partial charge in [0.1, 0.15) is 6.10 Å². The number of aromatic nitrogens is 1. The van der Waals surface area contributed by atoms with E-state index >= 15 is 0 Å². The molecule has 0 amide bonds. The van der Waals surface area contributed by atoms with E-state index in [0.717, 1.165) is 36.8 Å². The first-order valence-electron chi connectivity index (χ1n) is 13.2. The van der Waals surface area contributed by atoms with Crippen molar-refractivity contribution in [3.05, 3.63) is 64.9 Å². The van der Waals surface area contributed by atoms with Crippen molar-refractivity contribution < 1.29 is 9.53 Å². The molecule has 1 aromatic heterocycles. The van der Waals surface area contributed by atoms with Crippen LogP contribution in [0.5, 0.6) is 0 Å². The Morgan fingerprint density at radius 2 is 1.79 bits per heavy atom. The number of hydrogen-bond acceptors (Lipinski definition) is 3. The summed E-state index contributed by atoms with van der Waals surface area (Å²) in [6.07, 6.45) is 12.8. The monoisotopic (exact) mass is 455 g/mol. The Morgan fingerprint density at radius 1 is 1.03 bits per heavy atom. The molecule has 3 heteroatoms. The van der Waals surface area contributed by atoms with Crippen molar-refractivity contribution in [1.29, 1.82) is 0 Å². The maximum absolute atomic E-state index is 11.5. The van der Waals surface area contributed by atoms with Crippen molar-refractivity contribution in [1.82, 2.24) is 4.98 Å². The van der Waals surface area contributed by atoms with Gasteiger partial charge in [-0.05, 0) is 90.7 Å². The molecular formula is C31H37NO2. The van der Waals surface area contributed by atoms with Crippen molar-refractivity contribution in [2.45, 2.75) is 84.2 Å². The van der Waals surface area contributed by atoms with Crippen LogP contribution in [0.4, 0.5) is 0 Å². The second-order valence-electron chi connectivity index (χ2n) is 11.9. The Morgan fingerprint density at radius 3 is 2.56 bits per heavy atom. The Hall–Kier alpha value is -2.42. The predicted molar refractivity (Wildman–Crippen MR) is 135 cm³/mol. The second-order valence-corrected chi connectivity index (χ2v) is 11.9. The lowest BCUT2D eigenvalue weighted by molar-refractivity contribution is -0.148. The molecule has 2 fully saturated rings. The first-order valence-corrected chi connectivity index (χ1v) is 13.2.